The molecular weight excluding hydrogens is 257 g/mol. The Labute approximate surface area is 109 Å². The molecule has 0 bridgehead atoms. The van der Waals surface area contributed by atoms with E-state index in [0.717, 1.165) is 31.7 Å². The molecule has 0 unspecified atom stereocenters. The molecule has 0 radical (unpaired) electrons. The third kappa shape index (κ3) is 3.49. The Morgan fingerprint density at radius 2 is 1.95 bits per heavy atom. The normalized spacial score (nSPS) is 16.6. The lowest BCUT2D eigenvalue weighted by Gasteiger charge is -2.16. The maximum absolute atomic E-state index is 12.9. The van der Waals surface area contributed by atoms with Gasteiger partial charge in [0, 0.05) is 5.56 Å². The van der Waals surface area contributed by atoms with Gasteiger partial charge < -0.3 is 4.74 Å². The van der Waals surface area contributed by atoms with Crippen molar-refractivity contribution in [3.8, 4) is 5.75 Å². The standard InChI is InChI=1S/C14H15F3O2/c15-14(16,17)12-7-11(8-18)5-6-13(12)19-9-10-3-1-2-4-10/h5-8,10H,1-4,9H2. The number of hydrogen-bond acceptors (Lipinski definition) is 2. The summed E-state index contributed by atoms with van der Waals surface area (Å²) in [4.78, 5) is 10.6. The van der Waals surface area contributed by atoms with E-state index in [1.165, 1.54) is 12.1 Å². The van der Waals surface area contributed by atoms with Crippen molar-refractivity contribution in [2.24, 2.45) is 5.92 Å². The van der Waals surface area contributed by atoms with Crippen molar-refractivity contribution in [2.75, 3.05) is 6.61 Å². The van der Waals surface area contributed by atoms with Crippen LogP contribution in [0.25, 0.3) is 0 Å². The van der Waals surface area contributed by atoms with Crippen LogP contribution in [-0.4, -0.2) is 12.9 Å². The van der Waals surface area contributed by atoms with Crippen molar-refractivity contribution in [1.29, 1.82) is 0 Å². The van der Waals surface area contributed by atoms with Crippen LogP contribution in [0.2, 0.25) is 0 Å². The van der Waals surface area contributed by atoms with Crippen LogP contribution >= 0.6 is 0 Å². The van der Waals surface area contributed by atoms with Crippen LogP contribution in [0.5, 0.6) is 5.75 Å². The Bertz CT molecular complexity index is 448. The lowest BCUT2D eigenvalue weighted by molar-refractivity contribution is -0.139. The first kappa shape index (κ1) is 13.9. The molecule has 0 aromatic heterocycles. The minimum atomic E-state index is -4.51. The van der Waals surface area contributed by atoms with Crippen LogP contribution < -0.4 is 4.74 Å². The molecule has 0 spiro atoms. The lowest BCUT2D eigenvalue weighted by atomic mass is 10.1. The van der Waals surface area contributed by atoms with Gasteiger partial charge in [0.1, 0.15) is 12.0 Å². The Morgan fingerprint density at radius 3 is 2.53 bits per heavy atom. The molecule has 1 aromatic carbocycles. The highest BCUT2D eigenvalue weighted by Crippen LogP contribution is 2.37. The summed E-state index contributed by atoms with van der Waals surface area (Å²) in [5.74, 6) is 0.150. The van der Waals surface area contributed by atoms with Gasteiger partial charge in [-0.25, -0.2) is 0 Å². The molecule has 0 saturated heterocycles. The fourth-order valence-corrected chi connectivity index (χ4v) is 2.35. The maximum Gasteiger partial charge on any atom is 0.419 e. The second kappa shape index (κ2) is 5.63. The van der Waals surface area contributed by atoms with Crippen LogP contribution in [0.15, 0.2) is 18.2 Å². The summed E-state index contributed by atoms with van der Waals surface area (Å²) in [5, 5.41) is 0. The Morgan fingerprint density at radius 1 is 1.26 bits per heavy atom. The average Bonchev–Trinajstić information content (AvgIpc) is 2.88. The third-order valence-corrected chi connectivity index (χ3v) is 3.39. The number of benzene rings is 1. The number of rotatable bonds is 4. The van der Waals surface area contributed by atoms with Crippen molar-refractivity contribution in [3.05, 3.63) is 29.3 Å². The maximum atomic E-state index is 12.9. The van der Waals surface area contributed by atoms with Crippen LogP contribution in [0, 0.1) is 5.92 Å². The number of hydrogen-bond donors (Lipinski definition) is 0. The minimum absolute atomic E-state index is 0.000501. The Balaban J connectivity index is 2.15. The predicted molar refractivity (Wildman–Crippen MR) is 64.3 cm³/mol. The van der Waals surface area contributed by atoms with Gasteiger partial charge in [-0.2, -0.15) is 13.2 Å². The molecule has 1 fully saturated rings. The minimum Gasteiger partial charge on any atom is -0.493 e. The summed E-state index contributed by atoms with van der Waals surface area (Å²) in [7, 11) is 0. The van der Waals surface area contributed by atoms with Crippen LogP contribution in [0.1, 0.15) is 41.6 Å². The Hall–Kier alpha value is -1.52. The topological polar surface area (TPSA) is 26.3 Å². The molecule has 5 heteroatoms. The number of ether oxygens (including phenoxy) is 1. The summed E-state index contributed by atoms with van der Waals surface area (Å²) >= 11 is 0. The molecule has 104 valence electrons. The molecule has 19 heavy (non-hydrogen) atoms. The van der Waals surface area contributed by atoms with Gasteiger partial charge in [0.15, 0.2) is 0 Å². The lowest BCUT2D eigenvalue weighted by Crippen LogP contribution is -2.13. The van der Waals surface area contributed by atoms with Gasteiger partial charge in [0.25, 0.3) is 0 Å². The molecular formula is C14H15F3O2. The molecule has 0 atom stereocenters. The van der Waals surface area contributed by atoms with E-state index in [4.69, 9.17) is 4.74 Å². The second-order valence-corrected chi connectivity index (χ2v) is 4.83. The van der Waals surface area contributed by atoms with Gasteiger partial charge in [-0.3, -0.25) is 4.79 Å². The number of carbonyl (C=O) groups excluding carboxylic acids is 1. The zero-order valence-corrected chi connectivity index (χ0v) is 10.4. The first-order valence-electron chi connectivity index (χ1n) is 6.30. The van der Waals surface area contributed by atoms with Crippen LogP contribution in [-0.2, 0) is 6.18 Å². The molecule has 1 saturated carbocycles. The third-order valence-electron chi connectivity index (χ3n) is 3.39. The van der Waals surface area contributed by atoms with E-state index in [1.807, 2.05) is 0 Å². The van der Waals surface area contributed by atoms with Crippen molar-refractivity contribution >= 4 is 6.29 Å². The van der Waals surface area contributed by atoms with Gasteiger partial charge in [-0.05, 0) is 37.0 Å². The molecule has 2 nitrogen and oxygen atoms in total. The summed E-state index contributed by atoms with van der Waals surface area (Å²) in [6, 6.07) is 3.39. The SMILES string of the molecule is O=Cc1ccc(OCC2CCCC2)c(C(F)(F)F)c1. The molecule has 0 aliphatic heterocycles. The summed E-state index contributed by atoms with van der Waals surface area (Å²) in [6.45, 7) is 0.309. The van der Waals surface area contributed by atoms with Crippen LogP contribution in [0.3, 0.4) is 0 Å². The van der Waals surface area contributed by atoms with E-state index >= 15 is 0 Å². The first-order chi connectivity index (χ1) is 9.00. The van der Waals surface area contributed by atoms with E-state index in [1.54, 1.807) is 0 Å². The molecule has 0 N–H and O–H groups in total. The molecule has 2 rings (SSSR count). The highest BCUT2D eigenvalue weighted by atomic mass is 19.4. The summed E-state index contributed by atoms with van der Waals surface area (Å²) in [5.41, 5.74) is -0.879. The second-order valence-electron chi connectivity index (χ2n) is 4.83. The van der Waals surface area contributed by atoms with Crippen molar-refractivity contribution < 1.29 is 22.7 Å². The number of halogens is 3. The smallest absolute Gasteiger partial charge is 0.419 e. The predicted octanol–water partition coefficient (Wildman–Crippen LogP) is 4.09. The summed E-state index contributed by atoms with van der Waals surface area (Å²) < 4.78 is 43.9. The molecule has 0 heterocycles. The van der Waals surface area contributed by atoms with Crippen molar-refractivity contribution in [1.82, 2.24) is 0 Å². The quantitative estimate of drug-likeness (QED) is 0.772. The van der Waals surface area contributed by atoms with Crippen LogP contribution in [0.4, 0.5) is 13.2 Å². The Kier molecular flexibility index (Phi) is 4.12. The highest BCUT2D eigenvalue weighted by Gasteiger charge is 2.35. The van der Waals surface area contributed by atoms with Gasteiger partial charge >= 0.3 is 6.18 Å². The van der Waals surface area contributed by atoms with E-state index in [0.29, 0.717) is 18.8 Å². The molecule has 1 aromatic rings. The number of alkyl halides is 3. The zero-order chi connectivity index (χ0) is 13.9. The van der Waals surface area contributed by atoms with Gasteiger partial charge in [-0.1, -0.05) is 12.8 Å². The van der Waals surface area contributed by atoms with Crippen molar-refractivity contribution in [3.63, 3.8) is 0 Å². The van der Waals surface area contributed by atoms with E-state index in [2.05, 4.69) is 0 Å². The monoisotopic (exact) mass is 272 g/mol. The number of carbonyl (C=O) groups is 1. The highest BCUT2D eigenvalue weighted by molar-refractivity contribution is 5.75. The van der Waals surface area contributed by atoms with Crippen molar-refractivity contribution in [2.45, 2.75) is 31.9 Å². The first-order valence-corrected chi connectivity index (χ1v) is 6.30. The fraction of sp³-hybridized carbons (Fsp3) is 0.500. The summed E-state index contributed by atoms with van der Waals surface area (Å²) in [6.07, 6.45) is 0.135. The molecule has 0 amide bonds. The van der Waals surface area contributed by atoms with Gasteiger partial charge in [0.2, 0.25) is 0 Å². The fourth-order valence-electron chi connectivity index (χ4n) is 2.35. The van der Waals surface area contributed by atoms with E-state index in [9.17, 15) is 18.0 Å². The zero-order valence-electron chi connectivity index (χ0n) is 10.4. The average molecular weight is 272 g/mol. The van der Waals surface area contributed by atoms with E-state index < -0.39 is 11.7 Å². The van der Waals surface area contributed by atoms with E-state index in [-0.39, 0.29) is 11.3 Å². The number of aldehydes is 1. The van der Waals surface area contributed by atoms with Gasteiger partial charge in [0.05, 0.1) is 12.2 Å². The molecule has 1 aliphatic rings. The van der Waals surface area contributed by atoms with Gasteiger partial charge in [-0.15, -0.1) is 0 Å². The largest absolute Gasteiger partial charge is 0.493 e. The molecule has 1 aliphatic carbocycles.